The standard InChI is InChI=1S/C14H18N4O3S.ClH/c1-10(14(19)18-8-6-15-7-9-18)16-13-11-4-2-3-5-12(11)22(20,21)17-13;/h2-5,10,15H,6-9H2,1H3,(H,16,17);1H. The fraction of sp³-hybridized carbons (Fsp3) is 0.429. The molecule has 0 radical (unpaired) electrons. The molecule has 0 aromatic heterocycles. The number of sulfonamides is 1. The van der Waals surface area contributed by atoms with Crippen molar-refractivity contribution in [3.63, 3.8) is 0 Å². The molecule has 9 heteroatoms. The Balaban J connectivity index is 0.00000192. The minimum absolute atomic E-state index is 0. The van der Waals surface area contributed by atoms with Crippen LogP contribution in [0.15, 0.2) is 34.2 Å². The van der Waals surface area contributed by atoms with Crippen LogP contribution in [0.2, 0.25) is 0 Å². The Bertz CT molecular complexity index is 729. The summed E-state index contributed by atoms with van der Waals surface area (Å²) in [5.74, 6) is 0.157. The van der Waals surface area contributed by atoms with E-state index in [-0.39, 0.29) is 29.0 Å². The highest BCUT2D eigenvalue weighted by atomic mass is 35.5. The largest absolute Gasteiger partial charge is 0.338 e. The molecule has 1 aromatic rings. The molecule has 2 aliphatic heterocycles. The molecular formula is C14H19ClN4O3S. The van der Waals surface area contributed by atoms with Gasteiger partial charge in [0, 0.05) is 31.7 Å². The number of rotatable bonds is 2. The molecule has 0 saturated carbocycles. The van der Waals surface area contributed by atoms with Crippen LogP contribution in [-0.4, -0.2) is 57.3 Å². The van der Waals surface area contributed by atoms with Crippen molar-refractivity contribution in [1.29, 1.82) is 0 Å². The van der Waals surface area contributed by atoms with Gasteiger partial charge in [0.15, 0.2) is 0 Å². The first-order valence-corrected chi connectivity index (χ1v) is 8.67. The van der Waals surface area contributed by atoms with Crippen molar-refractivity contribution in [2.24, 2.45) is 4.99 Å². The van der Waals surface area contributed by atoms with Crippen LogP contribution in [0.25, 0.3) is 0 Å². The number of carbonyl (C=O) groups excluding carboxylic acids is 1. The SMILES string of the molecule is CC(N=C1NS(=O)(=O)c2ccccc21)C(=O)N1CCNCC1.Cl. The van der Waals surface area contributed by atoms with Gasteiger partial charge in [-0.2, -0.15) is 0 Å². The van der Waals surface area contributed by atoms with Gasteiger partial charge in [-0.15, -0.1) is 12.4 Å². The van der Waals surface area contributed by atoms with Crippen LogP contribution < -0.4 is 10.0 Å². The molecule has 2 N–H and O–H groups in total. The van der Waals surface area contributed by atoms with Crippen LogP contribution in [-0.2, 0) is 14.8 Å². The predicted octanol–water partition coefficient (Wildman–Crippen LogP) is -0.0328. The van der Waals surface area contributed by atoms with Gasteiger partial charge in [0.05, 0.1) is 4.90 Å². The minimum atomic E-state index is -3.57. The monoisotopic (exact) mass is 358 g/mol. The molecule has 1 amide bonds. The molecule has 0 spiro atoms. The van der Waals surface area contributed by atoms with Crippen LogP contribution in [0.5, 0.6) is 0 Å². The Labute approximate surface area is 141 Å². The number of halogens is 1. The topological polar surface area (TPSA) is 90.9 Å². The quantitative estimate of drug-likeness (QED) is 0.776. The molecule has 23 heavy (non-hydrogen) atoms. The highest BCUT2D eigenvalue weighted by Crippen LogP contribution is 2.22. The van der Waals surface area contributed by atoms with Crippen molar-refractivity contribution in [3.05, 3.63) is 29.8 Å². The summed E-state index contributed by atoms with van der Waals surface area (Å²) in [7, 11) is -3.57. The smallest absolute Gasteiger partial charge is 0.263 e. The summed E-state index contributed by atoms with van der Waals surface area (Å²) in [5.41, 5.74) is 0.516. The number of amidine groups is 1. The van der Waals surface area contributed by atoms with Crippen molar-refractivity contribution in [2.45, 2.75) is 17.9 Å². The van der Waals surface area contributed by atoms with Gasteiger partial charge in [0.1, 0.15) is 11.9 Å². The van der Waals surface area contributed by atoms with Gasteiger partial charge in [-0.1, -0.05) is 12.1 Å². The Morgan fingerprint density at radius 2 is 1.91 bits per heavy atom. The first kappa shape index (κ1) is 17.7. The van der Waals surface area contributed by atoms with E-state index in [2.05, 4.69) is 15.0 Å². The van der Waals surface area contributed by atoms with E-state index in [4.69, 9.17) is 0 Å². The maximum atomic E-state index is 12.4. The Hall–Kier alpha value is -1.64. The summed E-state index contributed by atoms with van der Waals surface area (Å²) in [6, 6.07) is 6.01. The molecule has 1 aromatic carbocycles. The molecule has 0 aliphatic carbocycles. The highest BCUT2D eigenvalue weighted by molar-refractivity contribution is 7.90. The zero-order chi connectivity index (χ0) is 15.7. The number of benzene rings is 1. The van der Waals surface area contributed by atoms with Crippen molar-refractivity contribution in [2.75, 3.05) is 26.2 Å². The van der Waals surface area contributed by atoms with Crippen molar-refractivity contribution >= 4 is 34.2 Å². The van der Waals surface area contributed by atoms with Gasteiger partial charge in [-0.25, -0.2) is 8.42 Å². The normalized spacial score (nSPS) is 22.0. The Morgan fingerprint density at radius 1 is 1.26 bits per heavy atom. The first-order valence-electron chi connectivity index (χ1n) is 7.18. The van der Waals surface area contributed by atoms with E-state index in [0.717, 1.165) is 13.1 Å². The molecule has 1 unspecified atom stereocenters. The minimum Gasteiger partial charge on any atom is -0.338 e. The number of hydrogen-bond donors (Lipinski definition) is 2. The van der Waals surface area contributed by atoms with Crippen LogP contribution in [0, 0.1) is 0 Å². The van der Waals surface area contributed by atoms with Crippen molar-refractivity contribution in [3.8, 4) is 0 Å². The molecule has 3 rings (SSSR count). The average Bonchev–Trinajstić information content (AvgIpc) is 2.79. The molecular weight excluding hydrogens is 340 g/mol. The van der Waals surface area contributed by atoms with Crippen LogP contribution in [0.1, 0.15) is 12.5 Å². The van der Waals surface area contributed by atoms with Crippen LogP contribution in [0.4, 0.5) is 0 Å². The van der Waals surface area contributed by atoms with E-state index in [0.29, 0.717) is 18.7 Å². The third-order valence-electron chi connectivity index (χ3n) is 3.77. The molecule has 0 bridgehead atoms. The number of hydrogen-bond acceptors (Lipinski definition) is 5. The molecule has 2 aliphatic rings. The summed E-state index contributed by atoms with van der Waals surface area (Å²) >= 11 is 0. The lowest BCUT2D eigenvalue weighted by Gasteiger charge is -2.28. The highest BCUT2D eigenvalue weighted by Gasteiger charge is 2.31. The van der Waals surface area contributed by atoms with E-state index in [1.807, 2.05) is 0 Å². The number of carbonyl (C=O) groups is 1. The van der Waals surface area contributed by atoms with E-state index in [1.165, 1.54) is 6.07 Å². The second kappa shape index (κ2) is 6.86. The van der Waals surface area contributed by atoms with Gasteiger partial charge >= 0.3 is 0 Å². The van der Waals surface area contributed by atoms with Gasteiger partial charge in [-0.05, 0) is 19.1 Å². The van der Waals surface area contributed by atoms with Gasteiger partial charge in [0.25, 0.3) is 10.0 Å². The Morgan fingerprint density at radius 3 is 2.61 bits per heavy atom. The van der Waals surface area contributed by atoms with E-state index >= 15 is 0 Å². The lowest BCUT2D eigenvalue weighted by atomic mass is 10.2. The first-order chi connectivity index (χ1) is 10.5. The predicted molar refractivity (Wildman–Crippen MR) is 89.5 cm³/mol. The van der Waals surface area contributed by atoms with E-state index in [9.17, 15) is 13.2 Å². The fourth-order valence-corrected chi connectivity index (χ4v) is 3.87. The third-order valence-corrected chi connectivity index (χ3v) is 5.17. The zero-order valence-electron chi connectivity index (χ0n) is 12.7. The van der Waals surface area contributed by atoms with Crippen molar-refractivity contribution < 1.29 is 13.2 Å². The maximum absolute atomic E-state index is 12.4. The van der Waals surface area contributed by atoms with Gasteiger partial charge in [0.2, 0.25) is 5.91 Å². The summed E-state index contributed by atoms with van der Waals surface area (Å²) < 4.78 is 26.5. The molecule has 2 heterocycles. The molecule has 7 nitrogen and oxygen atoms in total. The fourth-order valence-electron chi connectivity index (χ4n) is 2.63. The number of nitrogens with zero attached hydrogens (tertiary/aromatic N) is 2. The second-order valence-electron chi connectivity index (χ2n) is 5.33. The summed E-state index contributed by atoms with van der Waals surface area (Å²) in [4.78, 5) is 18.6. The van der Waals surface area contributed by atoms with E-state index in [1.54, 1.807) is 30.0 Å². The van der Waals surface area contributed by atoms with Crippen molar-refractivity contribution in [1.82, 2.24) is 14.9 Å². The second-order valence-corrected chi connectivity index (χ2v) is 6.98. The molecule has 1 atom stereocenters. The van der Waals surface area contributed by atoms with E-state index < -0.39 is 16.1 Å². The summed E-state index contributed by atoms with van der Waals surface area (Å²) in [6.45, 7) is 4.52. The number of piperazine rings is 1. The molecule has 1 saturated heterocycles. The number of aliphatic imine (C=N–C) groups is 1. The molecule has 1 fully saturated rings. The molecule has 126 valence electrons. The number of nitrogens with one attached hydrogen (secondary N) is 2. The summed E-state index contributed by atoms with van der Waals surface area (Å²) in [5, 5.41) is 3.18. The van der Waals surface area contributed by atoms with Gasteiger partial charge in [-0.3, -0.25) is 14.5 Å². The third kappa shape index (κ3) is 3.49. The average molecular weight is 359 g/mol. The van der Waals surface area contributed by atoms with Crippen LogP contribution in [0.3, 0.4) is 0 Å². The van der Waals surface area contributed by atoms with Crippen LogP contribution >= 0.6 is 12.4 Å². The number of fused-ring (bicyclic) bond motifs is 1. The van der Waals surface area contributed by atoms with Gasteiger partial charge < -0.3 is 10.2 Å². The lowest BCUT2D eigenvalue weighted by molar-refractivity contribution is -0.132. The Kier molecular flexibility index (Phi) is 5.28. The maximum Gasteiger partial charge on any atom is 0.263 e. The summed E-state index contributed by atoms with van der Waals surface area (Å²) in [6.07, 6.45) is 0. The lowest BCUT2D eigenvalue weighted by Crippen LogP contribution is -2.49. The number of amides is 1. The zero-order valence-corrected chi connectivity index (χ0v) is 14.3.